The van der Waals surface area contributed by atoms with Gasteiger partial charge in [0.25, 0.3) is 5.91 Å². The van der Waals surface area contributed by atoms with Gasteiger partial charge in [0.15, 0.2) is 4.80 Å². The van der Waals surface area contributed by atoms with Gasteiger partial charge < -0.3 is 9.30 Å². The Hall–Kier alpha value is -1.95. The summed E-state index contributed by atoms with van der Waals surface area (Å²) in [5.74, 6) is -0.363. The number of benzene rings is 1. The molecule has 5 nitrogen and oxygen atoms in total. The van der Waals surface area contributed by atoms with Gasteiger partial charge in [0, 0.05) is 5.92 Å². The minimum Gasteiger partial charge on any atom is -0.468 e. The van der Waals surface area contributed by atoms with E-state index in [4.69, 9.17) is 4.74 Å². The van der Waals surface area contributed by atoms with E-state index >= 15 is 0 Å². The molecule has 1 amide bonds. The van der Waals surface area contributed by atoms with Crippen molar-refractivity contribution >= 4 is 33.4 Å². The van der Waals surface area contributed by atoms with Gasteiger partial charge in [-0.2, -0.15) is 4.99 Å². The van der Waals surface area contributed by atoms with Crippen LogP contribution in [-0.2, 0) is 20.9 Å². The maximum atomic E-state index is 12.0. The number of aromatic nitrogens is 1. The van der Waals surface area contributed by atoms with Gasteiger partial charge in [-0.25, -0.2) is 0 Å². The summed E-state index contributed by atoms with van der Waals surface area (Å²) < 4.78 is 7.61. The van der Waals surface area contributed by atoms with Crippen LogP contribution in [0.4, 0.5) is 0 Å². The summed E-state index contributed by atoms with van der Waals surface area (Å²) in [6.07, 6.45) is 1.84. The van der Waals surface area contributed by atoms with Crippen LogP contribution < -0.4 is 4.80 Å². The van der Waals surface area contributed by atoms with Gasteiger partial charge >= 0.3 is 5.97 Å². The second-order valence-electron chi connectivity index (χ2n) is 5.70. The second kappa shape index (κ2) is 5.68. The van der Waals surface area contributed by atoms with E-state index in [0.29, 0.717) is 4.80 Å². The van der Waals surface area contributed by atoms with Crippen LogP contribution in [0.1, 0.15) is 24.0 Å². The Morgan fingerprint density at radius 3 is 2.73 bits per heavy atom. The number of esters is 1. The molecule has 1 fully saturated rings. The third-order valence-electron chi connectivity index (χ3n) is 3.76. The van der Waals surface area contributed by atoms with E-state index in [2.05, 4.69) is 11.1 Å². The molecule has 1 aliphatic carbocycles. The van der Waals surface area contributed by atoms with E-state index in [-0.39, 0.29) is 24.3 Å². The number of carbonyl (C=O) groups is 2. The summed E-state index contributed by atoms with van der Waals surface area (Å²) in [6, 6.07) is 4.11. The van der Waals surface area contributed by atoms with Gasteiger partial charge in [0.05, 0.1) is 17.3 Å². The molecule has 0 saturated heterocycles. The van der Waals surface area contributed by atoms with Gasteiger partial charge in [-0.1, -0.05) is 17.4 Å². The number of aryl methyl sites for hydroxylation is 2. The highest BCUT2D eigenvalue weighted by atomic mass is 32.1. The summed E-state index contributed by atoms with van der Waals surface area (Å²) in [5, 5.41) is 0. The molecule has 1 aromatic carbocycles. The Bertz CT molecular complexity index is 828. The first-order chi connectivity index (χ1) is 10.5. The molecule has 0 spiro atoms. The van der Waals surface area contributed by atoms with Crippen molar-refractivity contribution in [2.45, 2.75) is 33.2 Å². The van der Waals surface area contributed by atoms with Crippen LogP contribution in [0.2, 0.25) is 0 Å². The van der Waals surface area contributed by atoms with E-state index in [1.807, 2.05) is 19.9 Å². The molecule has 3 rings (SSSR count). The Balaban J connectivity index is 2.20. The molecule has 22 heavy (non-hydrogen) atoms. The number of amides is 1. The van der Waals surface area contributed by atoms with Gasteiger partial charge in [0.1, 0.15) is 6.54 Å². The van der Waals surface area contributed by atoms with Crippen molar-refractivity contribution in [1.29, 1.82) is 0 Å². The maximum Gasteiger partial charge on any atom is 0.325 e. The summed E-state index contributed by atoms with van der Waals surface area (Å²) in [6.45, 7) is 4.11. The van der Waals surface area contributed by atoms with E-state index in [0.717, 1.165) is 34.2 Å². The molecule has 0 bridgehead atoms. The number of ether oxygens (including phenoxy) is 1. The van der Waals surface area contributed by atoms with Crippen LogP contribution in [0, 0.1) is 19.8 Å². The van der Waals surface area contributed by atoms with E-state index in [1.54, 1.807) is 4.57 Å². The molecule has 1 aromatic heterocycles. The standard InChI is InChI=1S/C16H18N2O3S/c1-9-6-10(2)14-12(7-9)18(8-13(19)21-3)16(22-14)17-15(20)11-4-5-11/h6-7,11H,4-5,8H2,1-3H3. The third kappa shape index (κ3) is 2.83. The molecule has 6 heteroatoms. The normalized spacial score (nSPS) is 15.3. The molecule has 1 aliphatic rings. The molecule has 1 saturated carbocycles. The molecule has 1 heterocycles. The fourth-order valence-electron chi connectivity index (χ4n) is 2.46. The van der Waals surface area contributed by atoms with Gasteiger partial charge in [0.2, 0.25) is 0 Å². The predicted octanol–water partition coefficient (Wildman–Crippen LogP) is 2.33. The van der Waals surface area contributed by atoms with Gasteiger partial charge in [-0.15, -0.1) is 0 Å². The van der Waals surface area contributed by atoms with Crippen LogP contribution in [0.5, 0.6) is 0 Å². The number of rotatable bonds is 3. The Labute approximate surface area is 132 Å². The van der Waals surface area contributed by atoms with Crippen molar-refractivity contribution in [3.63, 3.8) is 0 Å². The minimum absolute atomic E-state index is 0.0656. The molecule has 116 valence electrons. The fraction of sp³-hybridized carbons (Fsp3) is 0.438. The van der Waals surface area contributed by atoms with Crippen molar-refractivity contribution < 1.29 is 14.3 Å². The number of nitrogens with zero attached hydrogens (tertiary/aromatic N) is 2. The van der Waals surface area contributed by atoms with Crippen LogP contribution in [0.3, 0.4) is 0 Å². The Kier molecular flexibility index (Phi) is 3.87. The predicted molar refractivity (Wildman–Crippen MR) is 84.6 cm³/mol. The lowest BCUT2D eigenvalue weighted by Gasteiger charge is -2.05. The van der Waals surface area contributed by atoms with E-state index in [1.165, 1.54) is 18.4 Å². The average Bonchev–Trinajstić information content (AvgIpc) is 3.26. The number of methoxy groups -OCH3 is 1. The highest BCUT2D eigenvalue weighted by Gasteiger charge is 2.29. The lowest BCUT2D eigenvalue weighted by atomic mass is 10.1. The first-order valence-electron chi connectivity index (χ1n) is 7.25. The number of carbonyl (C=O) groups excluding carboxylic acids is 2. The zero-order valence-corrected chi connectivity index (χ0v) is 13.7. The van der Waals surface area contributed by atoms with Crippen LogP contribution in [0.25, 0.3) is 10.2 Å². The largest absolute Gasteiger partial charge is 0.468 e. The smallest absolute Gasteiger partial charge is 0.325 e. The first kappa shape index (κ1) is 15.0. The number of hydrogen-bond donors (Lipinski definition) is 0. The molecular weight excluding hydrogens is 300 g/mol. The minimum atomic E-state index is -0.348. The highest BCUT2D eigenvalue weighted by molar-refractivity contribution is 7.16. The molecule has 2 aromatic rings. The van der Waals surface area contributed by atoms with Crippen molar-refractivity contribution in [3.8, 4) is 0 Å². The van der Waals surface area contributed by atoms with Crippen molar-refractivity contribution in [2.75, 3.05) is 7.11 Å². The van der Waals surface area contributed by atoms with Gasteiger partial charge in [-0.05, 0) is 43.9 Å². The first-order valence-corrected chi connectivity index (χ1v) is 8.07. The lowest BCUT2D eigenvalue weighted by molar-refractivity contribution is -0.141. The fourth-order valence-corrected chi connectivity index (χ4v) is 3.54. The van der Waals surface area contributed by atoms with Crippen molar-refractivity contribution in [3.05, 3.63) is 28.1 Å². The van der Waals surface area contributed by atoms with Crippen LogP contribution in [0.15, 0.2) is 17.1 Å². The SMILES string of the molecule is COC(=O)Cn1c(=NC(=O)C2CC2)sc2c(C)cc(C)cc21. The third-order valence-corrected chi connectivity index (χ3v) is 4.99. The summed E-state index contributed by atoms with van der Waals surface area (Å²) >= 11 is 1.45. The summed E-state index contributed by atoms with van der Waals surface area (Å²) in [4.78, 5) is 28.6. The van der Waals surface area contributed by atoms with Crippen LogP contribution in [-0.4, -0.2) is 23.6 Å². The molecule has 0 unspecified atom stereocenters. The summed E-state index contributed by atoms with van der Waals surface area (Å²) in [7, 11) is 1.36. The molecular formula is C16H18N2O3S. The van der Waals surface area contributed by atoms with Crippen molar-refractivity contribution in [1.82, 2.24) is 4.57 Å². The van der Waals surface area contributed by atoms with Crippen molar-refractivity contribution in [2.24, 2.45) is 10.9 Å². The lowest BCUT2D eigenvalue weighted by Crippen LogP contribution is -2.22. The maximum absolute atomic E-state index is 12.0. The average molecular weight is 318 g/mol. The topological polar surface area (TPSA) is 60.7 Å². The highest BCUT2D eigenvalue weighted by Crippen LogP contribution is 2.30. The summed E-state index contributed by atoms with van der Waals surface area (Å²) in [5.41, 5.74) is 3.16. The second-order valence-corrected chi connectivity index (χ2v) is 6.68. The zero-order valence-electron chi connectivity index (χ0n) is 12.9. The monoisotopic (exact) mass is 318 g/mol. The van der Waals surface area contributed by atoms with E-state index in [9.17, 15) is 9.59 Å². The molecule has 0 aliphatic heterocycles. The Morgan fingerprint density at radius 1 is 1.36 bits per heavy atom. The van der Waals surface area contributed by atoms with Gasteiger partial charge in [-0.3, -0.25) is 9.59 Å². The molecule has 0 radical (unpaired) electrons. The van der Waals surface area contributed by atoms with Crippen LogP contribution >= 0.6 is 11.3 Å². The Morgan fingerprint density at radius 2 is 2.09 bits per heavy atom. The molecule has 0 N–H and O–H groups in total. The number of hydrogen-bond acceptors (Lipinski definition) is 4. The number of thiazole rings is 1. The quantitative estimate of drug-likeness (QED) is 0.816. The van der Waals surface area contributed by atoms with E-state index < -0.39 is 0 Å². The molecule has 0 atom stereocenters. The number of fused-ring (bicyclic) bond motifs is 1. The zero-order chi connectivity index (χ0) is 15.9.